The van der Waals surface area contributed by atoms with E-state index in [0.29, 0.717) is 10.0 Å². The molecule has 7 heteroatoms. The van der Waals surface area contributed by atoms with Crippen LogP contribution >= 0.6 is 35.0 Å². The van der Waals surface area contributed by atoms with Crippen molar-refractivity contribution >= 4 is 46.8 Å². The summed E-state index contributed by atoms with van der Waals surface area (Å²) in [6.45, 7) is 1.76. The van der Waals surface area contributed by atoms with Crippen LogP contribution < -0.4 is 10.9 Å². The van der Waals surface area contributed by atoms with E-state index in [1.165, 1.54) is 11.8 Å². The lowest BCUT2D eigenvalue weighted by Gasteiger charge is -2.13. The van der Waals surface area contributed by atoms with E-state index in [9.17, 15) is 9.59 Å². The van der Waals surface area contributed by atoms with E-state index in [2.05, 4.69) is 10.9 Å². The second-order valence-electron chi connectivity index (χ2n) is 5.05. The summed E-state index contributed by atoms with van der Waals surface area (Å²) >= 11 is 13.0. The summed E-state index contributed by atoms with van der Waals surface area (Å²) in [5.41, 5.74) is 5.66. The Morgan fingerprint density at radius 2 is 1.50 bits per heavy atom. The van der Waals surface area contributed by atoms with Gasteiger partial charge in [0.15, 0.2) is 0 Å². The number of thioether (sulfide) groups is 1. The number of halogens is 2. The molecule has 2 N–H and O–H groups in total. The first-order valence-electron chi connectivity index (χ1n) is 7.19. The highest BCUT2D eigenvalue weighted by Gasteiger charge is 2.15. The summed E-state index contributed by atoms with van der Waals surface area (Å²) in [4.78, 5) is 24.8. The largest absolute Gasteiger partial charge is 0.273 e. The molecule has 2 amide bonds. The van der Waals surface area contributed by atoms with Crippen LogP contribution in [-0.2, 0) is 16.0 Å². The van der Waals surface area contributed by atoms with E-state index in [1.54, 1.807) is 43.3 Å². The average Bonchev–Trinajstić information content (AvgIpc) is 2.57. The summed E-state index contributed by atoms with van der Waals surface area (Å²) in [5.74, 6) is -0.575. The van der Waals surface area contributed by atoms with Crippen molar-refractivity contribution in [3.8, 4) is 0 Å². The van der Waals surface area contributed by atoms with Crippen molar-refractivity contribution in [1.29, 1.82) is 0 Å². The highest BCUT2D eigenvalue weighted by molar-refractivity contribution is 8.00. The molecule has 1 atom stereocenters. The maximum Gasteiger partial charge on any atom is 0.251 e. The Kier molecular flexibility index (Phi) is 6.97. The van der Waals surface area contributed by atoms with Crippen molar-refractivity contribution in [3.63, 3.8) is 0 Å². The lowest BCUT2D eigenvalue weighted by Crippen LogP contribution is -2.45. The number of carbonyl (C=O) groups excluding carboxylic acids is 2. The van der Waals surface area contributed by atoms with Gasteiger partial charge in [-0.2, -0.15) is 0 Å². The molecule has 0 aliphatic rings. The van der Waals surface area contributed by atoms with E-state index in [0.717, 1.165) is 10.5 Å². The van der Waals surface area contributed by atoms with E-state index < -0.39 is 0 Å². The van der Waals surface area contributed by atoms with Gasteiger partial charge in [0.2, 0.25) is 5.91 Å². The molecule has 126 valence electrons. The Bertz CT molecular complexity index is 706. The number of hydrazine groups is 1. The predicted molar refractivity (Wildman–Crippen MR) is 98.2 cm³/mol. The molecule has 2 aromatic carbocycles. The molecule has 0 spiro atoms. The number of amides is 2. The van der Waals surface area contributed by atoms with Gasteiger partial charge in [-0.25, -0.2) is 0 Å². The second kappa shape index (κ2) is 8.97. The first-order chi connectivity index (χ1) is 11.4. The molecule has 0 saturated carbocycles. The molecule has 4 nitrogen and oxygen atoms in total. The molecule has 0 fully saturated rings. The van der Waals surface area contributed by atoms with Gasteiger partial charge in [0.1, 0.15) is 0 Å². The number of hydrogen-bond acceptors (Lipinski definition) is 3. The van der Waals surface area contributed by atoms with Crippen molar-refractivity contribution < 1.29 is 9.59 Å². The number of rotatable bonds is 5. The standard InChI is InChI=1S/C17H16Cl2N2O2S/c1-11(24-15-8-6-14(19)7-9-15)17(23)21-20-16(22)10-12-2-4-13(18)5-3-12/h2-9,11H,10H2,1H3,(H,20,22)(H,21,23). The van der Waals surface area contributed by atoms with E-state index in [-0.39, 0.29) is 23.5 Å². The van der Waals surface area contributed by atoms with Gasteiger partial charge in [-0.1, -0.05) is 35.3 Å². The molecule has 0 saturated heterocycles. The molecule has 0 radical (unpaired) electrons. The summed E-state index contributed by atoms with van der Waals surface area (Å²) in [6.07, 6.45) is 0.163. The van der Waals surface area contributed by atoms with Crippen molar-refractivity contribution in [2.75, 3.05) is 0 Å². The van der Waals surface area contributed by atoms with E-state index in [1.807, 2.05) is 12.1 Å². The highest BCUT2D eigenvalue weighted by Crippen LogP contribution is 2.24. The first kappa shape index (κ1) is 18.6. The first-order valence-corrected chi connectivity index (χ1v) is 8.83. The molecular weight excluding hydrogens is 367 g/mol. The minimum absolute atomic E-state index is 0.163. The summed E-state index contributed by atoms with van der Waals surface area (Å²) in [6, 6.07) is 14.2. The summed E-state index contributed by atoms with van der Waals surface area (Å²) in [7, 11) is 0. The van der Waals surface area contributed by atoms with Crippen LogP contribution in [0.3, 0.4) is 0 Å². The zero-order valence-electron chi connectivity index (χ0n) is 12.9. The van der Waals surface area contributed by atoms with E-state index >= 15 is 0 Å². The number of benzene rings is 2. The van der Waals surface area contributed by atoms with Crippen LogP contribution in [-0.4, -0.2) is 17.1 Å². The zero-order valence-corrected chi connectivity index (χ0v) is 15.2. The third-order valence-electron chi connectivity index (χ3n) is 3.10. The lowest BCUT2D eigenvalue weighted by molar-refractivity contribution is -0.128. The second-order valence-corrected chi connectivity index (χ2v) is 7.34. The summed E-state index contributed by atoms with van der Waals surface area (Å²) in [5, 5.41) is 0.897. The summed E-state index contributed by atoms with van der Waals surface area (Å²) < 4.78 is 0. The SMILES string of the molecule is CC(Sc1ccc(Cl)cc1)C(=O)NNC(=O)Cc1ccc(Cl)cc1. The molecular formula is C17H16Cl2N2O2S. The van der Waals surface area contributed by atoms with Crippen molar-refractivity contribution in [2.24, 2.45) is 0 Å². The van der Waals surface area contributed by atoms with Gasteiger partial charge >= 0.3 is 0 Å². The number of hydrogen-bond donors (Lipinski definition) is 2. The van der Waals surface area contributed by atoms with Crippen LogP contribution in [0.25, 0.3) is 0 Å². The van der Waals surface area contributed by atoms with Crippen LogP contribution in [0.5, 0.6) is 0 Å². The minimum atomic E-state index is -0.359. The Balaban J connectivity index is 1.77. The normalized spacial score (nSPS) is 11.6. The van der Waals surface area contributed by atoms with Gasteiger partial charge in [0, 0.05) is 14.9 Å². The topological polar surface area (TPSA) is 58.2 Å². The van der Waals surface area contributed by atoms with Crippen LogP contribution in [0.2, 0.25) is 10.0 Å². The van der Waals surface area contributed by atoms with Gasteiger partial charge < -0.3 is 0 Å². The van der Waals surface area contributed by atoms with Crippen molar-refractivity contribution in [3.05, 3.63) is 64.1 Å². The highest BCUT2D eigenvalue weighted by atomic mass is 35.5. The molecule has 2 aromatic rings. The van der Waals surface area contributed by atoms with Crippen LogP contribution in [0.1, 0.15) is 12.5 Å². The average molecular weight is 383 g/mol. The molecule has 0 heterocycles. The maximum absolute atomic E-state index is 12.0. The molecule has 1 unspecified atom stereocenters. The third-order valence-corrected chi connectivity index (χ3v) is 4.71. The molecule has 2 rings (SSSR count). The van der Waals surface area contributed by atoms with E-state index in [4.69, 9.17) is 23.2 Å². The molecule has 0 bridgehead atoms. The molecule has 0 aliphatic carbocycles. The lowest BCUT2D eigenvalue weighted by atomic mass is 10.1. The van der Waals surface area contributed by atoms with Crippen LogP contribution in [0.4, 0.5) is 0 Å². The molecule has 24 heavy (non-hydrogen) atoms. The predicted octanol–water partition coefficient (Wildman–Crippen LogP) is 3.86. The Morgan fingerprint density at radius 3 is 2.08 bits per heavy atom. The zero-order chi connectivity index (χ0) is 17.5. The van der Waals surface area contributed by atoms with Crippen molar-refractivity contribution in [1.82, 2.24) is 10.9 Å². The smallest absolute Gasteiger partial charge is 0.251 e. The maximum atomic E-state index is 12.0. The van der Waals surface area contributed by atoms with Gasteiger partial charge in [-0.3, -0.25) is 20.4 Å². The fourth-order valence-electron chi connectivity index (χ4n) is 1.84. The minimum Gasteiger partial charge on any atom is -0.273 e. The monoisotopic (exact) mass is 382 g/mol. The van der Waals surface area contributed by atoms with Crippen LogP contribution in [0, 0.1) is 0 Å². The molecule has 0 aromatic heterocycles. The number of carbonyl (C=O) groups is 2. The third kappa shape index (κ3) is 6.07. The molecule has 0 aliphatic heterocycles. The Morgan fingerprint density at radius 1 is 0.958 bits per heavy atom. The van der Waals surface area contributed by atoms with Crippen molar-refractivity contribution in [2.45, 2.75) is 23.5 Å². The van der Waals surface area contributed by atoms with Gasteiger partial charge in [-0.15, -0.1) is 11.8 Å². The fraction of sp³-hybridized carbons (Fsp3) is 0.176. The Hall–Kier alpha value is -1.69. The fourth-order valence-corrected chi connectivity index (χ4v) is 2.96. The Labute approximate surface area is 154 Å². The number of nitrogens with one attached hydrogen (secondary N) is 2. The van der Waals surface area contributed by atoms with Gasteiger partial charge in [0.25, 0.3) is 5.91 Å². The van der Waals surface area contributed by atoms with Gasteiger partial charge in [0.05, 0.1) is 11.7 Å². The van der Waals surface area contributed by atoms with Crippen LogP contribution in [0.15, 0.2) is 53.4 Å². The quantitative estimate of drug-likeness (QED) is 0.609. The van der Waals surface area contributed by atoms with Gasteiger partial charge in [-0.05, 0) is 48.9 Å².